The number of hydrogen-bond acceptors (Lipinski definition) is 1. The first-order chi connectivity index (χ1) is 16.4. The molecule has 0 saturated carbocycles. The van der Waals surface area contributed by atoms with Crippen molar-refractivity contribution in [3.63, 3.8) is 0 Å². The predicted molar refractivity (Wildman–Crippen MR) is 197 cm³/mol. The maximum atomic E-state index is 3.74. The molecule has 4 aromatic rings. The predicted octanol–water partition coefficient (Wildman–Crippen LogP) is -14.6. The molecule has 0 aliphatic carbocycles. The van der Waals surface area contributed by atoms with E-state index in [-0.39, 0.29) is 0 Å². The molecule has 0 aromatic heterocycles. The molecule has 13 heteroatoms. The van der Waals surface area contributed by atoms with Crippen LogP contribution in [0.2, 0.25) is 0 Å². The van der Waals surface area contributed by atoms with Gasteiger partial charge in [-0.05, 0) is 34.0 Å². The van der Waals surface area contributed by atoms with Crippen molar-refractivity contribution < 1.29 is 0 Å². The minimum Gasteiger partial charge on any atom is -0.356 e. The van der Waals surface area contributed by atoms with E-state index >= 15 is 0 Å². The highest BCUT2D eigenvalue weighted by atomic mass is 14.9. The van der Waals surface area contributed by atoms with Gasteiger partial charge in [-0.2, -0.15) is 0 Å². The molecular formula is C22H29B12N. The van der Waals surface area contributed by atoms with E-state index in [1.165, 1.54) is 93.1 Å². The number of nitrogens with one attached hydrogen (secondary N) is 1. The Morgan fingerprint density at radius 2 is 0.743 bits per heavy atom. The lowest BCUT2D eigenvalue weighted by molar-refractivity contribution is 1.60. The van der Waals surface area contributed by atoms with E-state index in [2.05, 4.69) is 124 Å². The fourth-order valence-corrected chi connectivity index (χ4v) is 5.85. The summed E-state index contributed by atoms with van der Waals surface area (Å²) in [4.78, 5) is 0. The Bertz CT molecular complexity index is 1490. The molecule has 0 atom stereocenters. The molecule has 0 aliphatic rings. The lowest BCUT2D eigenvalue weighted by Gasteiger charge is -2.25. The summed E-state index contributed by atoms with van der Waals surface area (Å²) in [5.41, 5.74) is 21.7. The average Bonchev–Trinajstić information content (AvgIpc) is 2.85. The van der Waals surface area contributed by atoms with Gasteiger partial charge in [0.2, 0.25) is 0 Å². The van der Waals surface area contributed by atoms with Gasteiger partial charge in [0.1, 0.15) is 94.2 Å². The minimum absolute atomic E-state index is 1.13. The molecule has 0 radical (unpaired) electrons. The van der Waals surface area contributed by atoms with Crippen LogP contribution >= 0.6 is 0 Å². The van der Waals surface area contributed by atoms with Gasteiger partial charge in [-0.3, -0.25) is 0 Å². The number of hydrogen-bond donors (Lipinski definition) is 1. The second-order valence-corrected chi connectivity index (χ2v) is 10.7. The lowest BCUT2D eigenvalue weighted by atomic mass is 9.59. The molecule has 35 heavy (non-hydrogen) atoms. The molecule has 4 aromatic carbocycles. The Kier molecular flexibility index (Phi) is 6.86. The molecule has 0 bridgehead atoms. The fourth-order valence-electron chi connectivity index (χ4n) is 5.85. The Morgan fingerprint density at radius 1 is 0.371 bits per heavy atom. The van der Waals surface area contributed by atoms with Crippen LogP contribution in [0.1, 0.15) is 0 Å². The average molecular weight is 437 g/mol. The molecular weight excluding hydrogens is 408 g/mol. The van der Waals surface area contributed by atoms with Crippen LogP contribution in [0.15, 0.2) is 24.3 Å². The van der Waals surface area contributed by atoms with Gasteiger partial charge in [0.05, 0.1) is 0 Å². The van der Waals surface area contributed by atoms with Crippen LogP contribution in [-0.4, -0.2) is 94.2 Å². The van der Waals surface area contributed by atoms with Gasteiger partial charge in [0.15, 0.2) is 0 Å². The first-order valence-electron chi connectivity index (χ1n) is 12.8. The van der Waals surface area contributed by atoms with Crippen LogP contribution in [-0.2, 0) is 0 Å². The summed E-state index contributed by atoms with van der Waals surface area (Å²) in [5, 5.41) is 6.59. The van der Waals surface area contributed by atoms with Crippen LogP contribution in [0.3, 0.4) is 0 Å². The van der Waals surface area contributed by atoms with E-state index in [1.54, 1.807) is 0 Å². The summed E-state index contributed by atoms with van der Waals surface area (Å²) in [7, 11) is 27.1. The maximum Gasteiger partial charge on any atom is 0.141 e. The molecule has 158 valence electrons. The summed E-state index contributed by atoms with van der Waals surface area (Å²) in [6.07, 6.45) is 0. The topological polar surface area (TPSA) is 12.0 Å². The zero-order valence-electron chi connectivity index (χ0n) is 23.8. The largest absolute Gasteiger partial charge is 0.356 e. The van der Waals surface area contributed by atoms with Crippen molar-refractivity contribution in [2.24, 2.45) is 0 Å². The van der Waals surface area contributed by atoms with Gasteiger partial charge >= 0.3 is 0 Å². The molecule has 0 unspecified atom stereocenters. The minimum atomic E-state index is 1.13. The highest BCUT2D eigenvalue weighted by molar-refractivity contribution is 6.72. The molecule has 0 spiro atoms. The van der Waals surface area contributed by atoms with Crippen LogP contribution in [0.5, 0.6) is 0 Å². The quantitative estimate of drug-likeness (QED) is 0.314. The number of fused-ring (bicyclic) bond motifs is 1. The van der Waals surface area contributed by atoms with Crippen molar-refractivity contribution in [3.05, 3.63) is 24.3 Å². The standard InChI is InChI=1S/C22H29B12N/c23-10-7(8-9(12(25)14(10)27)13(26)16(29)15(28)11(8)24)5-1-3-6(4-2-5)35-22-20(33)18(31)17(30)19(32)21(22)34/h1-4,35H,23-34H2. The fraction of sp³-hybridized carbons (Fsp3) is 0. The molecule has 0 aliphatic heterocycles. The van der Waals surface area contributed by atoms with Crippen molar-refractivity contribution in [2.75, 3.05) is 5.32 Å². The third-order valence-electron chi connectivity index (χ3n) is 9.26. The van der Waals surface area contributed by atoms with Gasteiger partial charge in [-0.15, -0.1) is 21.9 Å². The van der Waals surface area contributed by atoms with Gasteiger partial charge in [-0.25, -0.2) is 0 Å². The van der Waals surface area contributed by atoms with E-state index in [9.17, 15) is 0 Å². The highest BCUT2D eigenvalue weighted by Gasteiger charge is 2.19. The number of rotatable bonds is 3. The Hall–Kier alpha value is -2.28. The molecule has 1 N–H and O–H groups in total. The monoisotopic (exact) mass is 439 g/mol. The second kappa shape index (κ2) is 9.30. The third kappa shape index (κ3) is 4.00. The maximum absolute atomic E-state index is 3.74. The van der Waals surface area contributed by atoms with Crippen LogP contribution in [0.4, 0.5) is 11.4 Å². The smallest absolute Gasteiger partial charge is 0.141 e. The summed E-state index contributed by atoms with van der Waals surface area (Å²) in [5.74, 6) is 0. The molecule has 0 saturated heterocycles. The van der Waals surface area contributed by atoms with Gasteiger partial charge in [-0.1, -0.05) is 55.8 Å². The molecule has 0 fully saturated rings. The normalized spacial score (nSPS) is 11.1. The van der Waals surface area contributed by atoms with Crippen molar-refractivity contribution in [1.29, 1.82) is 0 Å². The zero-order valence-corrected chi connectivity index (χ0v) is 23.8. The summed E-state index contributed by atoms with van der Waals surface area (Å²) in [6.45, 7) is 0. The van der Waals surface area contributed by atoms with Crippen molar-refractivity contribution in [2.45, 2.75) is 0 Å². The summed E-state index contributed by atoms with van der Waals surface area (Å²) in [6, 6.07) is 9.06. The van der Waals surface area contributed by atoms with Crippen LogP contribution in [0, 0.1) is 0 Å². The van der Waals surface area contributed by atoms with E-state index in [0.717, 1.165) is 5.69 Å². The second-order valence-electron chi connectivity index (χ2n) is 10.7. The van der Waals surface area contributed by atoms with Crippen molar-refractivity contribution in [3.8, 4) is 11.1 Å². The third-order valence-corrected chi connectivity index (χ3v) is 9.26. The van der Waals surface area contributed by atoms with E-state index in [0.29, 0.717) is 0 Å². The summed E-state index contributed by atoms with van der Waals surface area (Å²) >= 11 is 0. The van der Waals surface area contributed by atoms with E-state index in [1.807, 2.05) is 0 Å². The molecule has 1 nitrogen and oxygen atoms in total. The first-order valence-corrected chi connectivity index (χ1v) is 12.8. The Morgan fingerprint density at radius 3 is 1.23 bits per heavy atom. The first kappa shape index (κ1) is 25.8. The van der Waals surface area contributed by atoms with Crippen LogP contribution in [0.25, 0.3) is 21.9 Å². The van der Waals surface area contributed by atoms with Crippen molar-refractivity contribution in [1.82, 2.24) is 0 Å². The van der Waals surface area contributed by atoms with Crippen molar-refractivity contribution >= 4 is 182 Å². The Balaban J connectivity index is 1.89. The SMILES string of the molecule is Bc1c(B)c(B)c(Nc2ccc(-c3c(B)c(B)c(B)c4c(B)c(B)c(B)c(B)c34)cc2)c(B)c1B. The van der Waals surface area contributed by atoms with E-state index < -0.39 is 0 Å². The zero-order chi connectivity index (χ0) is 25.9. The lowest BCUT2D eigenvalue weighted by Crippen LogP contribution is -2.55. The summed E-state index contributed by atoms with van der Waals surface area (Å²) < 4.78 is 0. The Labute approximate surface area is 222 Å². The van der Waals surface area contributed by atoms with Gasteiger partial charge in [0, 0.05) is 11.4 Å². The van der Waals surface area contributed by atoms with E-state index in [4.69, 9.17) is 0 Å². The number of benzene rings is 4. The molecule has 4 rings (SSSR count). The molecule has 0 heterocycles. The highest BCUT2D eigenvalue weighted by Crippen LogP contribution is 2.25. The number of anilines is 2. The van der Waals surface area contributed by atoms with Crippen LogP contribution < -0.4 is 70.9 Å². The molecule has 0 amide bonds. The van der Waals surface area contributed by atoms with Gasteiger partial charge < -0.3 is 5.32 Å². The van der Waals surface area contributed by atoms with Gasteiger partial charge in [0.25, 0.3) is 0 Å².